The van der Waals surface area contributed by atoms with Crippen molar-refractivity contribution in [1.29, 1.82) is 0 Å². The van der Waals surface area contributed by atoms with E-state index in [1.54, 1.807) is 22.6 Å². The molecule has 94 valence electrons. The molecule has 0 aliphatic heterocycles. The third-order valence-corrected chi connectivity index (χ3v) is 3.94. The van der Waals surface area contributed by atoms with Gasteiger partial charge in [-0.15, -0.1) is 0 Å². The number of alkyl halides is 3. The summed E-state index contributed by atoms with van der Waals surface area (Å²) in [6, 6.07) is 0. The molecule has 0 spiro atoms. The lowest BCUT2D eigenvalue weighted by Crippen LogP contribution is -2.11. The quantitative estimate of drug-likeness (QED) is 0.427. The van der Waals surface area contributed by atoms with Crippen molar-refractivity contribution < 1.29 is 18.3 Å². The van der Waals surface area contributed by atoms with Crippen molar-refractivity contribution >= 4 is 44.5 Å². The average Bonchev–Trinajstić information content (AvgIpc) is 2.30. The molecule has 0 unspecified atom stereocenters. The molecule has 0 radical (unpaired) electrons. The molecule has 0 N–H and O–H groups in total. The second-order valence-electron chi connectivity index (χ2n) is 3.14. The molecule has 0 amide bonds. The van der Waals surface area contributed by atoms with Crippen molar-refractivity contribution in [3.8, 4) is 0 Å². The Morgan fingerprint density at radius 1 is 1.65 bits per heavy atom. The molecule has 3 nitrogen and oxygen atoms in total. The number of hydrogen-bond acceptors (Lipinski definition) is 3. The van der Waals surface area contributed by atoms with E-state index < -0.39 is 12.4 Å². The number of rotatable bonds is 4. The topological polar surface area (TPSA) is 39.2 Å². The first-order valence-corrected chi connectivity index (χ1v) is 6.78. The minimum atomic E-state index is -2.60. The van der Waals surface area contributed by atoms with E-state index in [-0.39, 0.29) is 12.0 Å². The summed E-state index contributed by atoms with van der Waals surface area (Å²) in [6.07, 6.45) is -1.51. The van der Waals surface area contributed by atoms with E-state index in [1.807, 2.05) is 0 Å². The summed E-state index contributed by atoms with van der Waals surface area (Å²) >= 11 is 5.02. The van der Waals surface area contributed by atoms with Gasteiger partial charge in [-0.1, -0.05) is 15.9 Å². The van der Waals surface area contributed by atoms with E-state index in [4.69, 9.17) is 0 Å². The lowest BCUT2D eigenvalue weighted by atomic mass is 10.1. The van der Waals surface area contributed by atoms with Gasteiger partial charge in [-0.05, 0) is 28.2 Å². The van der Waals surface area contributed by atoms with Crippen LogP contribution in [0.15, 0.2) is 6.20 Å². The number of aromatic nitrogens is 1. The molecule has 1 rings (SSSR count). The van der Waals surface area contributed by atoms with Crippen LogP contribution >= 0.6 is 38.5 Å². The summed E-state index contributed by atoms with van der Waals surface area (Å²) in [7, 11) is 1.26. The highest BCUT2D eigenvalue weighted by molar-refractivity contribution is 14.1. The molecule has 7 heteroatoms. The number of hydrogen-bond donors (Lipinski definition) is 0. The van der Waals surface area contributed by atoms with Crippen molar-refractivity contribution in [2.45, 2.75) is 18.2 Å². The van der Waals surface area contributed by atoms with Gasteiger partial charge in [0, 0.05) is 20.7 Å². The van der Waals surface area contributed by atoms with Gasteiger partial charge in [0.05, 0.1) is 19.2 Å². The van der Waals surface area contributed by atoms with Gasteiger partial charge in [0.1, 0.15) is 0 Å². The molecule has 1 heterocycles. The zero-order valence-corrected chi connectivity index (χ0v) is 12.6. The number of carbonyl (C=O) groups is 1. The van der Waals surface area contributed by atoms with Crippen LogP contribution in [0, 0.1) is 3.57 Å². The van der Waals surface area contributed by atoms with Gasteiger partial charge in [0.25, 0.3) is 6.43 Å². The Labute approximate surface area is 119 Å². The van der Waals surface area contributed by atoms with Crippen LogP contribution < -0.4 is 0 Å². The fourth-order valence-electron chi connectivity index (χ4n) is 1.25. The van der Waals surface area contributed by atoms with Crippen LogP contribution in [0.5, 0.6) is 0 Å². The minimum absolute atomic E-state index is 0.0523. The van der Waals surface area contributed by atoms with Gasteiger partial charge in [-0.3, -0.25) is 9.78 Å². The molecule has 0 atom stereocenters. The Morgan fingerprint density at radius 2 is 2.29 bits per heavy atom. The van der Waals surface area contributed by atoms with Crippen LogP contribution in [0.3, 0.4) is 0 Å². The summed E-state index contributed by atoms with van der Waals surface area (Å²) in [5, 5.41) is 0.402. The second kappa shape index (κ2) is 6.58. The summed E-state index contributed by atoms with van der Waals surface area (Å²) in [5.74, 6) is -0.474. The van der Waals surface area contributed by atoms with Crippen molar-refractivity contribution in [1.82, 2.24) is 4.98 Å². The molecule has 0 aliphatic carbocycles. The smallest absolute Gasteiger partial charge is 0.310 e. The molecule has 0 bridgehead atoms. The molecule has 1 aromatic rings. The average molecular weight is 420 g/mol. The largest absolute Gasteiger partial charge is 0.469 e. The van der Waals surface area contributed by atoms with Crippen LogP contribution in [0.25, 0.3) is 0 Å². The zero-order chi connectivity index (χ0) is 13.0. The maximum Gasteiger partial charge on any atom is 0.310 e. The molecule has 17 heavy (non-hydrogen) atoms. The number of methoxy groups -OCH3 is 1. The predicted octanol–water partition coefficient (Wildman–Crippen LogP) is 3.23. The first-order chi connectivity index (χ1) is 8.01. The minimum Gasteiger partial charge on any atom is -0.469 e. The Morgan fingerprint density at radius 3 is 2.76 bits per heavy atom. The van der Waals surface area contributed by atoms with Crippen molar-refractivity contribution in [3.05, 3.63) is 26.6 Å². The third-order valence-electron chi connectivity index (χ3n) is 2.14. The van der Waals surface area contributed by atoms with Crippen LogP contribution in [0.1, 0.15) is 23.2 Å². The highest BCUT2D eigenvalue weighted by atomic mass is 127. The normalized spacial score (nSPS) is 10.7. The van der Waals surface area contributed by atoms with Crippen molar-refractivity contribution in [2.24, 2.45) is 0 Å². The van der Waals surface area contributed by atoms with E-state index >= 15 is 0 Å². The van der Waals surface area contributed by atoms with Crippen molar-refractivity contribution in [3.63, 3.8) is 0 Å². The Hall–Kier alpha value is -0.310. The molecular formula is C10H9BrF2INO2. The second-order valence-corrected chi connectivity index (χ2v) is 4.78. The molecule has 0 aromatic carbocycles. The number of halogens is 4. The molecule has 0 fully saturated rings. The Bertz CT molecular complexity index is 429. The standard InChI is InChI=1S/C10H9BrF2INO2/c1-17-8(16)2-5-7(3-11)15-4-6(9(5)14)10(12)13/h4,10H,2-3H2,1H3. The molecular weight excluding hydrogens is 411 g/mol. The Kier molecular flexibility index (Phi) is 5.71. The maximum absolute atomic E-state index is 12.7. The highest BCUT2D eigenvalue weighted by Gasteiger charge is 2.20. The summed E-state index contributed by atoms with van der Waals surface area (Å²) < 4.78 is 30.3. The fourth-order valence-corrected chi connectivity index (χ4v) is 2.61. The first-order valence-electron chi connectivity index (χ1n) is 4.58. The van der Waals surface area contributed by atoms with Crippen LogP contribution in [-0.2, 0) is 21.3 Å². The predicted molar refractivity (Wildman–Crippen MR) is 70.3 cm³/mol. The fraction of sp³-hybridized carbons (Fsp3) is 0.400. The van der Waals surface area contributed by atoms with E-state index in [0.29, 0.717) is 20.2 Å². The monoisotopic (exact) mass is 419 g/mol. The molecule has 1 aromatic heterocycles. The Balaban J connectivity index is 3.22. The van der Waals surface area contributed by atoms with Gasteiger partial charge >= 0.3 is 5.97 Å². The molecule has 0 saturated heterocycles. The third kappa shape index (κ3) is 3.57. The van der Waals surface area contributed by atoms with E-state index in [0.717, 1.165) is 6.20 Å². The zero-order valence-electron chi connectivity index (χ0n) is 8.84. The van der Waals surface area contributed by atoms with Gasteiger partial charge in [-0.25, -0.2) is 8.78 Å². The van der Waals surface area contributed by atoms with Gasteiger partial charge < -0.3 is 4.74 Å². The van der Waals surface area contributed by atoms with Crippen LogP contribution in [-0.4, -0.2) is 18.1 Å². The highest BCUT2D eigenvalue weighted by Crippen LogP contribution is 2.28. The molecule has 0 saturated carbocycles. The summed E-state index contributed by atoms with van der Waals surface area (Å²) in [4.78, 5) is 15.2. The van der Waals surface area contributed by atoms with E-state index in [9.17, 15) is 13.6 Å². The van der Waals surface area contributed by atoms with Gasteiger partial charge in [0.15, 0.2) is 0 Å². The number of carbonyl (C=O) groups excluding carboxylic acids is 1. The van der Waals surface area contributed by atoms with Gasteiger partial charge in [-0.2, -0.15) is 0 Å². The molecule has 0 aliphatic rings. The summed E-state index contributed by atoms with van der Waals surface area (Å²) in [6.45, 7) is 0. The van der Waals surface area contributed by atoms with E-state index in [1.165, 1.54) is 7.11 Å². The lowest BCUT2D eigenvalue weighted by molar-refractivity contribution is -0.139. The first kappa shape index (κ1) is 14.7. The van der Waals surface area contributed by atoms with Crippen molar-refractivity contribution in [2.75, 3.05) is 7.11 Å². The van der Waals surface area contributed by atoms with Crippen LogP contribution in [0.2, 0.25) is 0 Å². The van der Waals surface area contributed by atoms with E-state index in [2.05, 4.69) is 25.7 Å². The number of esters is 1. The summed E-state index contributed by atoms with van der Waals surface area (Å²) in [5.41, 5.74) is 0.908. The lowest BCUT2D eigenvalue weighted by Gasteiger charge is -2.11. The number of nitrogens with zero attached hydrogens (tertiary/aromatic N) is 1. The number of ether oxygens (including phenoxy) is 1. The van der Waals surface area contributed by atoms with Crippen LogP contribution in [0.4, 0.5) is 8.78 Å². The SMILES string of the molecule is COC(=O)Cc1c(CBr)ncc(C(F)F)c1I. The number of pyridine rings is 1. The maximum atomic E-state index is 12.7. The van der Waals surface area contributed by atoms with Gasteiger partial charge in [0.2, 0.25) is 0 Å².